The Hall–Kier alpha value is 7.82. The van der Waals surface area contributed by atoms with E-state index in [0.717, 1.165) is 0 Å². The van der Waals surface area contributed by atoms with Crippen molar-refractivity contribution >= 4 is 25.6 Å². The molecule has 8 heteroatoms. The third-order valence-corrected chi connectivity index (χ3v) is 109. The molecule has 0 fully saturated rings. The molecule has 0 aliphatic carbocycles. The molecule has 0 radical (unpaired) electrons. The number of hydrogen-bond acceptors (Lipinski definition) is 1. The molecule has 84 valence electrons. The summed E-state index contributed by atoms with van der Waals surface area (Å²) in [4.78, 5) is 1.34. The van der Waals surface area contributed by atoms with Gasteiger partial charge in [-0.05, 0) is 0 Å². The Labute approximate surface area is 299 Å². The van der Waals surface area contributed by atoms with Gasteiger partial charge in [-0.25, -0.2) is 0 Å². The van der Waals surface area contributed by atoms with Gasteiger partial charge in [0.05, 0.1) is 0 Å². The summed E-state index contributed by atoms with van der Waals surface area (Å²) in [5.74, 6) is 0. The first-order valence-electron chi connectivity index (χ1n) is 7.03. The van der Waals surface area contributed by atoms with E-state index in [1.807, 2.05) is 8.07 Å². The third kappa shape index (κ3) is 5.10. The molecule has 1 nitrogen and oxygen atoms in total. The SMILES string of the molecule is Cc1[c]([RaH])[c]([RaH])c([S+](C)[O-])c2[c]([RaH])[c]([RaH])[c]([RaH])[c]([RaH])c12. The summed E-state index contributed by atoms with van der Waals surface area (Å²) in [5, 5.41) is 3.21. The number of hydrogen-bond donors (Lipinski definition) is 0. The van der Waals surface area contributed by atoms with Gasteiger partial charge in [0, 0.05) is 0 Å². The van der Waals surface area contributed by atoms with Crippen LogP contribution in [-0.4, -0.2) is 10.8 Å². The van der Waals surface area contributed by atoms with Crippen molar-refractivity contribution in [2.75, 3.05) is 6.26 Å². The Balaban J connectivity index is 3.22. The molecule has 1 unspecified atom stereocenters. The van der Waals surface area contributed by atoms with Crippen LogP contribution in [-0.2, 0) is 11.2 Å². The van der Waals surface area contributed by atoms with E-state index >= 15 is 0 Å². The Morgan fingerprint density at radius 2 is 1.15 bits per heavy atom. The second-order valence-electron chi connectivity index (χ2n) is 5.91. The van der Waals surface area contributed by atoms with Crippen molar-refractivity contribution in [1.29, 1.82) is 0 Å². The van der Waals surface area contributed by atoms with Gasteiger partial charge >= 0.3 is 311 Å². The fourth-order valence-electron chi connectivity index (χ4n) is 3.25. The molecular weight excluding hydrogens is 1550 g/mol. The fraction of sp³-hybridized carbons (Fsp3) is 0.167. The average molecular weight is 1560 g/mol. The predicted molar refractivity (Wildman–Crippen MR) is 67.2 cm³/mol. The van der Waals surface area contributed by atoms with Gasteiger partial charge in [-0.2, -0.15) is 0 Å². The maximum absolute atomic E-state index is 12.5. The van der Waals surface area contributed by atoms with Gasteiger partial charge in [0.25, 0.3) is 0 Å². The third-order valence-electron chi connectivity index (χ3n) is 5.04. The van der Waals surface area contributed by atoms with Crippen LogP contribution in [0.3, 0.4) is 0 Å². The molecule has 0 aliphatic rings. The fourth-order valence-corrected chi connectivity index (χ4v) is 43.8. The van der Waals surface area contributed by atoms with Crippen molar-refractivity contribution in [2.45, 2.75) is 11.8 Å². The molecule has 2 aromatic rings. The first-order chi connectivity index (χ1) is 9.20. The first-order valence-corrected chi connectivity index (χ1v) is 33.2. The summed E-state index contributed by atoms with van der Waals surface area (Å²) in [6, 6.07) is 0. The van der Waals surface area contributed by atoms with Gasteiger partial charge in [-0.15, -0.1) is 0 Å². The van der Waals surface area contributed by atoms with E-state index in [0.29, 0.717) is 257 Å². The molecule has 0 N–H and O–H groups in total. The number of aryl methyl sites for hydroxylation is 1. The van der Waals surface area contributed by atoms with Crippen molar-refractivity contribution in [3.8, 4) is 0 Å². The topological polar surface area (TPSA) is 23.1 Å². The van der Waals surface area contributed by atoms with Crippen LogP contribution in [0.25, 0.3) is 10.8 Å². The van der Waals surface area contributed by atoms with E-state index in [-0.39, 0.29) is 0 Å². The molecule has 2 aromatic carbocycles. The van der Waals surface area contributed by atoms with Crippen LogP contribution in [0.15, 0.2) is 4.90 Å². The zero-order valence-corrected chi connectivity index (χ0v) is 64.0. The summed E-state index contributed by atoms with van der Waals surface area (Å²) in [6.45, 7) is 2.39. The molecule has 0 aliphatic heterocycles. The van der Waals surface area contributed by atoms with Crippen LogP contribution in [0.5, 0.6) is 0 Å². The minimum atomic E-state index is -0.766. The zero-order valence-electron chi connectivity index (χ0n) is 13.8. The van der Waals surface area contributed by atoms with Crippen LogP contribution < -0.4 is 3.63 Å². The van der Waals surface area contributed by atoms with Crippen LogP contribution in [0.1, 0.15) is 5.56 Å². The molecule has 0 saturated heterocycles. The summed E-state index contributed by atoms with van der Waals surface area (Å²) in [6.07, 6.45) is 1.93. The van der Waals surface area contributed by atoms with Gasteiger partial charge < -0.3 is 0 Å². The summed E-state index contributed by atoms with van der Waals surface area (Å²) in [7, 11) is 0. The van der Waals surface area contributed by atoms with Crippen LogP contribution in [0.2, 0.25) is 0 Å². The second kappa shape index (κ2) is 10.7. The number of benzene rings is 2. The standard InChI is InChI=1S/C12H6OS.6Ra.6H/c1-9-7-8-12(14(2)13)11-6-4-3-5-10(9)11;;;;;;;;;;;;/h1-2H3;;;;;;;;;;;;. The summed E-state index contributed by atoms with van der Waals surface area (Å²) >= 11 is 1.75. The van der Waals surface area contributed by atoms with Gasteiger partial charge in [0.15, 0.2) is 0 Å². The second-order valence-corrected chi connectivity index (χ2v) is 31.9. The van der Waals surface area contributed by atoms with E-state index in [1.165, 1.54) is 4.90 Å². The van der Waals surface area contributed by atoms with Crippen molar-refractivity contribution < 1.29 is 261 Å². The van der Waals surface area contributed by atoms with E-state index < -0.39 is 11.2 Å². The van der Waals surface area contributed by atoms with Crippen molar-refractivity contribution in [3.05, 3.63) is 5.56 Å². The monoisotopic (exact) mass is 1560 g/mol. The van der Waals surface area contributed by atoms with Crippen molar-refractivity contribution in [3.63, 3.8) is 0 Å². The van der Waals surface area contributed by atoms with Gasteiger partial charge in [0.1, 0.15) is 0 Å². The Bertz CT molecular complexity index is 720. The van der Waals surface area contributed by atoms with Crippen molar-refractivity contribution in [1.82, 2.24) is 0 Å². The normalized spacial score (nSPS) is 12.4. The number of rotatable bonds is 1. The van der Waals surface area contributed by atoms with Crippen molar-refractivity contribution in [2.24, 2.45) is 0 Å². The molecule has 0 aromatic heterocycles. The van der Waals surface area contributed by atoms with E-state index in [9.17, 15) is 4.55 Å². The first kappa shape index (κ1) is 24.1. The average Bonchev–Trinajstić information content (AvgIpc) is 2.39. The molecule has 2 rings (SSSR count). The Morgan fingerprint density at radius 3 is 1.60 bits per heavy atom. The van der Waals surface area contributed by atoms with E-state index in [1.54, 1.807) is 18.1 Å². The zero-order chi connectivity index (χ0) is 15.4. The molecule has 20 heavy (non-hydrogen) atoms. The predicted octanol–water partition coefficient (Wildman–Crippen LogP) is -3.67. The molecule has 1 atom stereocenters. The quantitative estimate of drug-likeness (QED) is 0.271. The Morgan fingerprint density at radius 1 is 0.700 bits per heavy atom. The summed E-state index contributed by atoms with van der Waals surface area (Å²) in [5.41, 5.74) is 1.64. The van der Waals surface area contributed by atoms with E-state index in [4.69, 9.17) is 0 Å². The molecule has 0 heterocycles. The van der Waals surface area contributed by atoms with Crippen LogP contribution in [0, 0.1) is 264 Å². The van der Waals surface area contributed by atoms with Crippen LogP contribution >= 0.6 is 0 Å². The Kier molecular flexibility index (Phi) is 12.9. The molecule has 0 amide bonds. The maximum atomic E-state index is 12.5. The van der Waals surface area contributed by atoms with Crippen LogP contribution in [0.4, 0.5) is 0 Å². The van der Waals surface area contributed by atoms with Gasteiger partial charge in [-0.1, -0.05) is 0 Å². The molecule has 0 saturated carbocycles. The minimum absolute atomic E-state index is 0.322. The molecule has 0 spiro atoms. The number of fused-ring (bicyclic) bond motifs is 1. The van der Waals surface area contributed by atoms with Gasteiger partial charge in [-0.3, -0.25) is 0 Å². The summed E-state index contributed by atoms with van der Waals surface area (Å²) < 4.78 is 23.1. The van der Waals surface area contributed by atoms with E-state index in [2.05, 4.69) is 6.92 Å². The molecule has 0 bridgehead atoms. The molecular formula is C12H12ORa6S. The van der Waals surface area contributed by atoms with Gasteiger partial charge in [0.2, 0.25) is 0 Å².